The van der Waals surface area contributed by atoms with Crippen LogP contribution < -0.4 is 5.32 Å². The first-order chi connectivity index (χ1) is 3.79. The Bertz CT molecular complexity index is 105. The van der Waals surface area contributed by atoms with Gasteiger partial charge in [0.2, 0.25) is 0 Å². The highest BCUT2D eigenvalue weighted by Crippen LogP contribution is 1.93. The van der Waals surface area contributed by atoms with E-state index in [1.165, 1.54) is 0 Å². The second-order valence-corrected chi connectivity index (χ2v) is 3.79. The van der Waals surface area contributed by atoms with Gasteiger partial charge in [-0.15, -0.1) is 0 Å². The monoisotopic (exact) mass is 133 g/mol. The normalized spacial score (nSPS) is 39.6. The summed E-state index contributed by atoms with van der Waals surface area (Å²) in [6.45, 7) is 2.99. The predicted molar refractivity (Wildman–Crippen MR) is 35.3 cm³/mol. The fourth-order valence-electron chi connectivity index (χ4n) is 0.840. The van der Waals surface area contributed by atoms with Crippen LogP contribution in [0.15, 0.2) is 0 Å². The largest absolute Gasteiger partial charge is 0.312 e. The third kappa shape index (κ3) is 1.56. The number of nitrogens with one attached hydrogen (secondary N) is 1. The number of hydrogen-bond donors (Lipinski definition) is 1. The molecule has 0 bridgehead atoms. The van der Waals surface area contributed by atoms with Crippen molar-refractivity contribution in [1.29, 1.82) is 0 Å². The standard InChI is InChI=1S/C5H11NOS/c1-5-4-8(7)3-2-6-5/h5-6H,2-4H2,1H3/t5-,8+/m0/s1. The van der Waals surface area contributed by atoms with Crippen LogP contribution in [0.2, 0.25) is 0 Å². The van der Waals surface area contributed by atoms with Crippen LogP contribution in [0.1, 0.15) is 6.92 Å². The summed E-state index contributed by atoms with van der Waals surface area (Å²) in [6.07, 6.45) is 0. The molecule has 0 aromatic rings. The van der Waals surface area contributed by atoms with Crippen LogP contribution in [0.25, 0.3) is 0 Å². The van der Waals surface area contributed by atoms with Gasteiger partial charge in [-0.2, -0.15) is 0 Å². The average Bonchev–Trinajstić information content (AvgIpc) is 1.64. The summed E-state index contributed by atoms with van der Waals surface area (Å²) < 4.78 is 10.7. The Hall–Kier alpha value is 0.110. The zero-order valence-electron chi connectivity index (χ0n) is 5.02. The lowest BCUT2D eigenvalue weighted by atomic mass is 10.4. The molecule has 1 heterocycles. The molecule has 0 aliphatic carbocycles. The zero-order chi connectivity index (χ0) is 5.98. The van der Waals surface area contributed by atoms with Crippen LogP contribution >= 0.6 is 0 Å². The molecule has 1 rings (SSSR count). The van der Waals surface area contributed by atoms with Crippen molar-refractivity contribution in [2.45, 2.75) is 13.0 Å². The van der Waals surface area contributed by atoms with Crippen molar-refractivity contribution in [2.24, 2.45) is 0 Å². The van der Waals surface area contributed by atoms with Crippen LogP contribution in [0.3, 0.4) is 0 Å². The first-order valence-corrected chi connectivity index (χ1v) is 4.36. The lowest BCUT2D eigenvalue weighted by molar-refractivity contribution is 0.584. The first kappa shape index (κ1) is 6.23. The van der Waals surface area contributed by atoms with E-state index in [1.54, 1.807) is 0 Å². The molecule has 1 fully saturated rings. The van der Waals surface area contributed by atoms with Crippen molar-refractivity contribution in [3.05, 3.63) is 0 Å². The molecule has 0 aromatic carbocycles. The lowest BCUT2D eigenvalue weighted by Gasteiger charge is -2.18. The Morgan fingerprint density at radius 3 is 2.88 bits per heavy atom. The fourth-order valence-corrected chi connectivity index (χ4v) is 2.03. The molecule has 1 aliphatic rings. The second-order valence-electron chi connectivity index (χ2n) is 2.17. The van der Waals surface area contributed by atoms with Gasteiger partial charge in [0, 0.05) is 34.9 Å². The van der Waals surface area contributed by atoms with Gasteiger partial charge in [-0.1, -0.05) is 0 Å². The summed E-state index contributed by atoms with van der Waals surface area (Å²) in [5.41, 5.74) is 0. The number of rotatable bonds is 0. The Balaban J connectivity index is 2.34. The minimum Gasteiger partial charge on any atom is -0.312 e. The van der Waals surface area contributed by atoms with Crippen LogP contribution in [0.5, 0.6) is 0 Å². The van der Waals surface area contributed by atoms with Crippen LogP contribution in [0, 0.1) is 0 Å². The highest BCUT2D eigenvalue weighted by atomic mass is 32.2. The third-order valence-corrected chi connectivity index (χ3v) is 2.79. The molecule has 0 unspecified atom stereocenters. The van der Waals surface area contributed by atoms with Gasteiger partial charge in [0.25, 0.3) is 0 Å². The number of hydrogen-bond acceptors (Lipinski definition) is 2. The molecule has 2 nitrogen and oxygen atoms in total. The van der Waals surface area contributed by atoms with Crippen molar-refractivity contribution in [3.8, 4) is 0 Å². The van der Waals surface area contributed by atoms with Gasteiger partial charge >= 0.3 is 0 Å². The van der Waals surface area contributed by atoms with Gasteiger partial charge in [-0.3, -0.25) is 4.21 Å². The van der Waals surface area contributed by atoms with Gasteiger partial charge in [0.15, 0.2) is 0 Å². The van der Waals surface area contributed by atoms with E-state index in [0.29, 0.717) is 6.04 Å². The molecule has 2 atom stereocenters. The van der Waals surface area contributed by atoms with Gasteiger partial charge in [-0.25, -0.2) is 0 Å². The lowest BCUT2D eigenvalue weighted by Crippen LogP contribution is -2.40. The molecule has 1 N–H and O–H groups in total. The molecule has 0 saturated carbocycles. The maximum atomic E-state index is 10.7. The predicted octanol–water partition coefficient (Wildman–Crippen LogP) is -0.273. The van der Waals surface area contributed by atoms with Crippen molar-refractivity contribution in [2.75, 3.05) is 18.1 Å². The SMILES string of the molecule is C[C@H]1C[S@](=O)CCN1. The van der Waals surface area contributed by atoms with E-state index in [9.17, 15) is 4.21 Å². The highest BCUT2D eigenvalue weighted by Gasteiger charge is 2.11. The van der Waals surface area contributed by atoms with E-state index in [1.807, 2.05) is 0 Å². The topological polar surface area (TPSA) is 29.1 Å². The van der Waals surface area contributed by atoms with Crippen LogP contribution in [0.4, 0.5) is 0 Å². The summed E-state index contributed by atoms with van der Waals surface area (Å²) in [7, 11) is -0.533. The molecule has 1 saturated heterocycles. The molecule has 0 radical (unpaired) electrons. The molecular formula is C5H11NOS. The Morgan fingerprint density at radius 2 is 2.50 bits per heavy atom. The van der Waals surface area contributed by atoms with E-state index >= 15 is 0 Å². The smallest absolute Gasteiger partial charge is 0.0386 e. The maximum absolute atomic E-state index is 10.7. The first-order valence-electron chi connectivity index (χ1n) is 2.87. The second kappa shape index (κ2) is 2.60. The van der Waals surface area contributed by atoms with Crippen LogP contribution in [-0.2, 0) is 10.8 Å². The van der Waals surface area contributed by atoms with Gasteiger partial charge in [0.05, 0.1) is 0 Å². The summed E-state index contributed by atoms with van der Waals surface area (Å²) in [5.74, 6) is 1.67. The third-order valence-electron chi connectivity index (χ3n) is 1.26. The van der Waals surface area contributed by atoms with E-state index in [-0.39, 0.29) is 0 Å². The highest BCUT2D eigenvalue weighted by molar-refractivity contribution is 7.85. The molecule has 0 aromatic heterocycles. The minimum absolute atomic E-state index is 0.463. The van der Waals surface area contributed by atoms with E-state index in [0.717, 1.165) is 18.1 Å². The molecule has 8 heavy (non-hydrogen) atoms. The van der Waals surface area contributed by atoms with E-state index in [4.69, 9.17) is 0 Å². The molecule has 0 amide bonds. The van der Waals surface area contributed by atoms with Gasteiger partial charge in [0.1, 0.15) is 0 Å². The Kier molecular flexibility index (Phi) is 2.02. The summed E-state index contributed by atoms with van der Waals surface area (Å²) >= 11 is 0. The average molecular weight is 133 g/mol. The van der Waals surface area contributed by atoms with E-state index in [2.05, 4.69) is 12.2 Å². The van der Waals surface area contributed by atoms with Crippen molar-refractivity contribution in [1.82, 2.24) is 5.32 Å². The summed E-state index contributed by atoms with van der Waals surface area (Å²) in [6, 6.07) is 0.463. The quantitative estimate of drug-likeness (QED) is 0.493. The van der Waals surface area contributed by atoms with Gasteiger partial charge in [-0.05, 0) is 6.92 Å². The zero-order valence-corrected chi connectivity index (χ0v) is 5.83. The Morgan fingerprint density at radius 1 is 1.75 bits per heavy atom. The summed E-state index contributed by atoms with van der Waals surface area (Å²) in [5, 5.41) is 3.22. The molecule has 1 aliphatic heterocycles. The van der Waals surface area contributed by atoms with E-state index < -0.39 is 10.8 Å². The fraction of sp³-hybridized carbons (Fsp3) is 1.00. The Labute approximate surface area is 52.1 Å². The molecule has 48 valence electrons. The maximum Gasteiger partial charge on any atom is 0.0386 e. The minimum atomic E-state index is -0.533. The molecular weight excluding hydrogens is 122 g/mol. The molecule has 0 spiro atoms. The van der Waals surface area contributed by atoms with Crippen molar-refractivity contribution >= 4 is 10.8 Å². The summed E-state index contributed by atoms with van der Waals surface area (Å²) in [4.78, 5) is 0. The van der Waals surface area contributed by atoms with Crippen LogP contribution in [-0.4, -0.2) is 28.3 Å². The van der Waals surface area contributed by atoms with Gasteiger partial charge < -0.3 is 5.32 Å². The van der Waals surface area contributed by atoms with Crippen molar-refractivity contribution < 1.29 is 4.21 Å². The molecule has 3 heteroatoms. The van der Waals surface area contributed by atoms with Crippen molar-refractivity contribution in [3.63, 3.8) is 0 Å².